The van der Waals surface area contributed by atoms with Crippen LogP contribution in [0.2, 0.25) is 0 Å². The van der Waals surface area contributed by atoms with Crippen LogP contribution in [0, 0.1) is 13.8 Å². The van der Waals surface area contributed by atoms with Crippen LogP contribution in [-0.2, 0) is 13.6 Å². The Hall–Kier alpha value is -1.61. The second-order valence-corrected chi connectivity index (χ2v) is 4.94. The highest BCUT2D eigenvalue weighted by Crippen LogP contribution is 2.19. The summed E-state index contributed by atoms with van der Waals surface area (Å²) < 4.78 is 1.83. The summed E-state index contributed by atoms with van der Waals surface area (Å²) in [4.78, 5) is 0. The Balaban J connectivity index is 2.03. The third-order valence-corrected chi connectivity index (χ3v) is 3.26. The summed E-state index contributed by atoms with van der Waals surface area (Å²) in [6, 6.07) is 8.98. The Morgan fingerprint density at radius 1 is 1.28 bits per heavy atom. The Morgan fingerprint density at radius 3 is 2.72 bits per heavy atom. The van der Waals surface area contributed by atoms with Gasteiger partial charge < -0.3 is 5.32 Å². The van der Waals surface area contributed by atoms with Gasteiger partial charge in [0.15, 0.2) is 0 Å². The van der Waals surface area contributed by atoms with Gasteiger partial charge in [-0.25, -0.2) is 0 Å². The summed E-state index contributed by atoms with van der Waals surface area (Å²) in [5.74, 6) is 0. The first-order chi connectivity index (χ1) is 8.56. The predicted molar refractivity (Wildman–Crippen MR) is 74.4 cm³/mol. The highest BCUT2D eigenvalue weighted by molar-refractivity contribution is 5.32. The molecule has 18 heavy (non-hydrogen) atoms. The Kier molecular flexibility index (Phi) is 3.82. The minimum Gasteiger partial charge on any atom is -0.304 e. The average molecular weight is 243 g/mol. The molecule has 0 fully saturated rings. The van der Waals surface area contributed by atoms with Crippen LogP contribution in [0.5, 0.6) is 0 Å². The number of aryl methyl sites for hydroxylation is 3. The largest absolute Gasteiger partial charge is 0.304 e. The van der Waals surface area contributed by atoms with Crippen LogP contribution in [-0.4, -0.2) is 9.78 Å². The predicted octanol–water partition coefficient (Wildman–Crippen LogP) is 2.89. The molecule has 0 spiro atoms. The Labute approximate surface area is 109 Å². The van der Waals surface area contributed by atoms with Crippen molar-refractivity contribution >= 4 is 0 Å². The van der Waals surface area contributed by atoms with E-state index in [1.807, 2.05) is 24.0 Å². The smallest absolute Gasteiger partial charge is 0.0762 e. The van der Waals surface area contributed by atoms with Gasteiger partial charge in [0.2, 0.25) is 0 Å². The van der Waals surface area contributed by atoms with Gasteiger partial charge in [0, 0.05) is 25.8 Å². The van der Waals surface area contributed by atoms with E-state index in [1.165, 1.54) is 16.7 Å². The summed E-state index contributed by atoms with van der Waals surface area (Å²) >= 11 is 0. The van der Waals surface area contributed by atoms with Crippen molar-refractivity contribution < 1.29 is 0 Å². The molecule has 0 radical (unpaired) electrons. The van der Waals surface area contributed by atoms with E-state index < -0.39 is 0 Å². The first-order valence-corrected chi connectivity index (χ1v) is 6.35. The number of rotatable bonds is 4. The van der Waals surface area contributed by atoms with Gasteiger partial charge in [0.25, 0.3) is 0 Å². The molecule has 1 unspecified atom stereocenters. The van der Waals surface area contributed by atoms with Crippen LogP contribution in [0.25, 0.3) is 0 Å². The fourth-order valence-electron chi connectivity index (χ4n) is 2.15. The van der Waals surface area contributed by atoms with Crippen LogP contribution < -0.4 is 5.32 Å². The molecular formula is C15H21N3. The van der Waals surface area contributed by atoms with E-state index in [-0.39, 0.29) is 0 Å². The minimum atomic E-state index is 0.340. The molecule has 0 bridgehead atoms. The molecule has 2 rings (SSSR count). The molecule has 2 aromatic rings. The first-order valence-electron chi connectivity index (χ1n) is 6.35. The molecule has 3 heteroatoms. The van der Waals surface area contributed by atoms with E-state index in [4.69, 9.17) is 0 Å². The highest BCUT2D eigenvalue weighted by atomic mass is 15.3. The number of nitrogens with one attached hydrogen (secondary N) is 1. The molecule has 0 aliphatic heterocycles. The van der Waals surface area contributed by atoms with Crippen LogP contribution >= 0.6 is 0 Å². The second kappa shape index (κ2) is 5.36. The third kappa shape index (κ3) is 2.99. The zero-order valence-corrected chi connectivity index (χ0v) is 11.6. The molecular weight excluding hydrogens is 222 g/mol. The zero-order valence-electron chi connectivity index (χ0n) is 11.6. The maximum absolute atomic E-state index is 4.37. The number of hydrogen-bond acceptors (Lipinski definition) is 2. The molecule has 1 atom stereocenters. The SMILES string of the molecule is Cc1ccc(C)c(C(C)NCc2ccn(C)n2)c1. The summed E-state index contributed by atoms with van der Waals surface area (Å²) in [6.45, 7) is 7.29. The van der Waals surface area contributed by atoms with E-state index in [0.29, 0.717) is 6.04 Å². The van der Waals surface area contributed by atoms with E-state index in [0.717, 1.165) is 12.2 Å². The number of benzene rings is 1. The van der Waals surface area contributed by atoms with Crippen molar-refractivity contribution in [1.82, 2.24) is 15.1 Å². The number of hydrogen-bond donors (Lipinski definition) is 1. The molecule has 0 aliphatic carbocycles. The molecule has 0 saturated carbocycles. The van der Waals surface area contributed by atoms with Crippen LogP contribution in [0.15, 0.2) is 30.5 Å². The van der Waals surface area contributed by atoms with Gasteiger partial charge in [-0.15, -0.1) is 0 Å². The molecule has 1 aromatic carbocycles. The van der Waals surface area contributed by atoms with Crippen molar-refractivity contribution in [1.29, 1.82) is 0 Å². The lowest BCUT2D eigenvalue weighted by Crippen LogP contribution is -2.19. The van der Waals surface area contributed by atoms with Crippen molar-refractivity contribution in [2.75, 3.05) is 0 Å². The van der Waals surface area contributed by atoms with E-state index >= 15 is 0 Å². The van der Waals surface area contributed by atoms with Gasteiger partial charge in [0.1, 0.15) is 0 Å². The van der Waals surface area contributed by atoms with Gasteiger partial charge >= 0.3 is 0 Å². The van der Waals surface area contributed by atoms with Crippen molar-refractivity contribution in [3.63, 3.8) is 0 Å². The first kappa shape index (κ1) is 12.8. The van der Waals surface area contributed by atoms with Crippen molar-refractivity contribution in [2.45, 2.75) is 33.4 Å². The minimum absolute atomic E-state index is 0.340. The van der Waals surface area contributed by atoms with Gasteiger partial charge in [-0.2, -0.15) is 5.10 Å². The van der Waals surface area contributed by atoms with Crippen LogP contribution in [0.4, 0.5) is 0 Å². The van der Waals surface area contributed by atoms with E-state index in [2.05, 4.69) is 49.4 Å². The molecule has 1 N–H and O–H groups in total. The van der Waals surface area contributed by atoms with Crippen molar-refractivity contribution in [2.24, 2.45) is 7.05 Å². The number of nitrogens with zero attached hydrogens (tertiary/aromatic N) is 2. The zero-order chi connectivity index (χ0) is 13.1. The highest BCUT2D eigenvalue weighted by Gasteiger charge is 2.08. The summed E-state index contributed by atoms with van der Waals surface area (Å²) in [6.07, 6.45) is 1.97. The Bertz CT molecular complexity index is 528. The molecule has 96 valence electrons. The topological polar surface area (TPSA) is 29.9 Å². The third-order valence-electron chi connectivity index (χ3n) is 3.26. The van der Waals surface area contributed by atoms with Crippen LogP contribution in [0.3, 0.4) is 0 Å². The van der Waals surface area contributed by atoms with Crippen molar-refractivity contribution in [3.05, 3.63) is 52.8 Å². The molecule has 0 amide bonds. The Morgan fingerprint density at radius 2 is 2.06 bits per heavy atom. The normalized spacial score (nSPS) is 12.7. The second-order valence-electron chi connectivity index (χ2n) is 4.94. The fraction of sp³-hybridized carbons (Fsp3) is 0.400. The molecule has 1 aromatic heterocycles. The standard InChI is InChI=1S/C15H21N3/c1-11-5-6-12(2)15(9-11)13(3)16-10-14-7-8-18(4)17-14/h5-9,13,16H,10H2,1-4H3. The molecule has 3 nitrogen and oxygen atoms in total. The lowest BCUT2D eigenvalue weighted by Gasteiger charge is -2.16. The van der Waals surface area contributed by atoms with Crippen molar-refractivity contribution in [3.8, 4) is 0 Å². The van der Waals surface area contributed by atoms with Gasteiger partial charge in [-0.05, 0) is 38.0 Å². The fourth-order valence-corrected chi connectivity index (χ4v) is 2.15. The maximum Gasteiger partial charge on any atom is 0.0762 e. The maximum atomic E-state index is 4.37. The summed E-state index contributed by atoms with van der Waals surface area (Å²) in [5, 5.41) is 7.89. The lowest BCUT2D eigenvalue weighted by molar-refractivity contribution is 0.559. The average Bonchev–Trinajstić information content (AvgIpc) is 2.75. The summed E-state index contributed by atoms with van der Waals surface area (Å²) in [7, 11) is 1.94. The molecule has 1 heterocycles. The van der Waals surface area contributed by atoms with Gasteiger partial charge in [-0.1, -0.05) is 23.8 Å². The van der Waals surface area contributed by atoms with E-state index in [1.54, 1.807) is 0 Å². The van der Waals surface area contributed by atoms with Crippen LogP contribution in [0.1, 0.15) is 35.3 Å². The number of aromatic nitrogens is 2. The lowest BCUT2D eigenvalue weighted by atomic mass is 10.00. The quantitative estimate of drug-likeness (QED) is 0.895. The monoisotopic (exact) mass is 243 g/mol. The van der Waals surface area contributed by atoms with Gasteiger partial charge in [-0.3, -0.25) is 4.68 Å². The summed E-state index contributed by atoms with van der Waals surface area (Å²) in [5.41, 5.74) is 5.09. The molecule has 0 saturated heterocycles. The van der Waals surface area contributed by atoms with E-state index in [9.17, 15) is 0 Å². The van der Waals surface area contributed by atoms with Gasteiger partial charge in [0.05, 0.1) is 5.69 Å². The molecule has 0 aliphatic rings.